The smallest absolute Gasteiger partial charge is 0.281 e. The number of halogens is 3. The molecule has 2 saturated carbocycles. The van der Waals surface area contributed by atoms with Gasteiger partial charge in [-0.15, -0.1) is 0 Å². The Morgan fingerprint density at radius 1 is 0.767 bits per heavy atom. The fourth-order valence-corrected chi connectivity index (χ4v) is 12.2. The number of hydrogen-bond acceptors (Lipinski definition) is 7. The van der Waals surface area contributed by atoms with E-state index in [1.54, 1.807) is 0 Å². The number of anilines is 2. The summed E-state index contributed by atoms with van der Waals surface area (Å²) in [6.07, 6.45) is 12.0. The first-order chi connectivity index (χ1) is 29.1. The van der Waals surface area contributed by atoms with Gasteiger partial charge in [-0.1, -0.05) is 37.5 Å². The summed E-state index contributed by atoms with van der Waals surface area (Å²) < 4.78 is 33.5. The van der Waals surface area contributed by atoms with Gasteiger partial charge in [-0.05, 0) is 134 Å². The van der Waals surface area contributed by atoms with Crippen LogP contribution in [0.2, 0.25) is 0 Å². The summed E-state index contributed by atoms with van der Waals surface area (Å²) in [4.78, 5) is 63.7. The fraction of sp³-hybridized carbons (Fsp3) is 0.511. The van der Waals surface area contributed by atoms with E-state index in [-0.39, 0.29) is 35.6 Å². The molecule has 13 heteroatoms. The SMILES string of the molecule is O=C(C1CCC(N2CCC(c3ccc4c(c3)-n3c(nc(=O)c5c(Br)cccc53)C43CCCCC3)CC2)CC1)N1CCN(c2cc(F)c(N3C(=O)CCCC3=O)c(F)c2)CC1. The minimum absolute atomic E-state index is 0.0118. The third kappa shape index (κ3) is 6.69. The first-order valence-electron chi connectivity index (χ1n) is 22.1. The second-order valence-electron chi connectivity index (χ2n) is 18.0. The van der Waals surface area contributed by atoms with Crippen LogP contribution < -0.4 is 15.4 Å². The van der Waals surface area contributed by atoms with Crippen molar-refractivity contribution in [3.8, 4) is 5.69 Å². The van der Waals surface area contributed by atoms with E-state index in [0.29, 0.717) is 60.5 Å². The second-order valence-corrected chi connectivity index (χ2v) is 18.8. The molecule has 314 valence electrons. The van der Waals surface area contributed by atoms with Gasteiger partial charge < -0.3 is 14.7 Å². The zero-order valence-electron chi connectivity index (χ0n) is 33.9. The summed E-state index contributed by atoms with van der Waals surface area (Å²) in [6.45, 7) is 3.89. The van der Waals surface area contributed by atoms with Gasteiger partial charge in [-0.3, -0.25) is 23.7 Å². The zero-order chi connectivity index (χ0) is 41.3. The maximum absolute atomic E-state index is 15.2. The summed E-state index contributed by atoms with van der Waals surface area (Å²) >= 11 is 3.64. The molecule has 0 bridgehead atoms. The van der Waals surface area contributed by atoms with Crippen LogP contribution in [0.5, 0.6) is 0 Å². The molecule has 4 aliphatic heterocycles. The molecule has 3 aromatic carbocycles. The average molecular weight is 882 g/mol. The van der Waals surface area contributed by atoms with Crippen LogP contribution in [0.3, 0.4) is 0 Å². The maximum atomic E-state index is 15.2. The quantitative estimate of drug-likeness (QED) is 0.187. The first-order valence-corrected chi connectivity index (χ1v) is 22.9. The summed E-state index contributed by atoms with van der Waals surface area (Å²) in [6, 6.07) is 16.0. The number of hydrogen-bond donors (Lipinski definition) is 0. The molecule has 5 fully saturated rings. The standard InChI is InChI=1S/C47H51BrF2N6O4/c48-35-6-4-7-38-42(35)44(59)51-46-47(18-2-1-3-19-47)34-15-12-31(26-39(34)55(38)46)29-16-20-52(21-17-29)32-13-10-30(11-14-32)45(60)54-24-22-53(23-25-54)33-27-36(49)43(37(50)28-33)56-40(57)8-5-9-41(56)58/h4,6-7,12,15,26-30,32H,1-3,5,8-11,13-14,16-25H2. The Labute approximate surface area is 357 Å². The molecule has 3 amide bonds. The number of imide groups is 1. The molecule has 10 nitrogen and oxygen atoms in total. The highest BCUT2D eigenvalue weighted by atomic mass is 79.9. The van der Waals surface area contributed by atoms with Crippen molar-refractivity contribution < 1.29 is 23.2 Å². The van der Waals surface area contributed by atoms with Gasteiger partial charge in [0.15, 0.2) is 11.6 Å². The van der Waals surface area contributed by atoms with Gasteiger partial charge in [0, 0.05) is 61.1 Å². The molecular weight excluding hydrogens is 830 g/mol. The summed E-state index contributed by atoms with van der Waals surface area (Å²) in [5.74, 6) is -1.51. The highest BCUT2D eigenvalue weighted by Gasteiger charge is 2.47. The van der Waals surface area contributed by atoms with Gasteiger partial charge in [0.2, 0.25) is 17.7 Å². The summed E-state index contributed by atoms with van der Waals surface area (Å²) in [5.41, 5.74) is 4.17. The van der Waals surface area contributed by atoms with Gasteiger partial charge in [0.25, 0.3) is 5.56 Å². The van der Waals surface area contributed by atoms with E-state index in [1.165, 1.54) is 35.4 Å². The lowest BCUT2D eigenvalue weighted by molar-refractivity contribution is -0.137. The number of carbonyl (C=O) groups excluding carboxylic acids is 3. The van der Waals surface area contributed by atoms with E-state index in [9.17, 15) is 19.2 Å². The van der Waals surface area contributed by atoms with Crippen LogP contribution >= 0.6 is 15.9 Å². The van der Waals surface area contributed by atoms with Crippen molar-refractivity contribution in [3.63, 3.8) is 0 Å². The number of aromatic nitrogens is 2. The van der Waals surface area contributed by atoms with Crippen LogP contribution in [0.25, 0.3) is 16.6 Å². The van der Waals surface area contributed by atoms with Crippen LogP contribution in [0.4, 0.5) is 20.2 Å². The molecular formula is C47H51BrF2N6O4. The highest BCUT2D eigenvalue weighted by molar-refractivity contribution is 9.10. The number of piperidine rings is 2. The Balaban J connectivity index is 0.751. The van der Waals surface area contributed by atoms with Gasteiger partial charge in [0.05, 0.1) is 22.0 Å². The third-order valence-corrected chi connectivity index (χ3v) is 15.5. The number of piperazine rings is 1. The van der Waals surface area contributed by atoms with Crippen LogP contribution in [-0.2, 0) is 19.8 Å². The molecule has 5 heterocycles. The van der Waals surface area contributed by atoms with Crippen molar-refractivity contribution in [2.75, 3.05) is 49.1 Å². The molecule has 1 aromatic heterocycles. The largest absolute Gasteiger partial charge is 0.368 e. The Bertz CT molecular complexity index is 2410. The maximum Gasteiger partial charge on any atom is 0.281 e. The van der Waals surface area contributed by atoms with Gasteiger partial charge in [-0.2, -0.15) is 4.98 Å². The van der Waals surface area contributed by atoms with Crippen molar-refractivity contribution in [3.05, 3.63) is 91.9 Å². The number of benzene rings is 3. The Morgan fingerprint density at radius 2 is 1.45 bits per heavy atom. The van der Waals surface area contributed by atoms with Crippen LogP contribution in [-0.4, -0.2) is 82.4 Å². The molecule has 4 aromatic rings. The van der Waals surface area contributed by atoms with Crippen molar-refractivity contribution in [2.45, 2.75) is 107 Å². The van der Waals surface area contributed by atoms with Crippen molar-refractivity contribution in [2.24, 2.45) is 5.92 Å². The predicted molar refractivity (Wildman–Crippen MR) is 230 cm³/mol. The lowest BCUT2D eigenvalue weighted by atomic mass is 9.69. The molecule has 3 saturated heterocycles. The van der Waals surface area contributed by atoms with Crippen molar-refractivity contribution in [1.82, 2.24) is 19.4 Å². The van der Waals surface area contributed by atoms with E-state index >= 15 is 8.78 Å². The van der Waals surface area contributed by atoms with Gasteiger partial charge in [0.1, 0.15) is 11.5 Å². The monoisotopic (exact) mass is 880 g/mol. The van der Waals surface area contributed by atoms with Crippen molar-refractivity contribution in [1.29, 1.82) is 0 Å². The molecule has 0 atom stereocenters. The molecule has 0 unspecified atom stereocenters. The number of rotatable bonds is 5. The molecule has 6 aliphatic rings. The fourth-order valence-electron chi connectivity index (χ4n) is 11.6. The minimum Gasteiger partial charge on any atom is -0.368 e. The number of amides is 3. The van der Waals surface area contributed by atoms with Crippen LogP contribution in [0.15, 0.2) is 57.8 Å². The Kier molecular flexibility index (Phi) is 10.4. The van der Waals surface area contributed by atoms with Gasteiger partial charge in [-0.25, -0.2) is 13.7 Å². The minimum atomic E-state index is -0.935. The molecule has 0 N–H and O–H groups in total. The van der Waals surface area contributed by atoms with E-state index in [0.717, 1.165) is 93.1 Å². The highest BCUT2D eigenvalue weighted by Crippen LogP contribution is 2.52. The predicted octanol–water partition coefficient (Wildman–Crippen LogP) is 8.12. The average Bonchev–Trinajstić information content (AvgIpc) is 3.51. The molecule has 0 radical (unpaired) electrons. The number of nitrogens with zero attached hydrogens (tertiary/aromatic N) is 6. The molecule has 10 rings (SSSR count). The summed E-state index contributed by atoms with van der Waals surface area (Å²) in [7, 11) is 0. The second kappa shape index (κ2) is 15.8. The molecule has 60 heavy (non-hydrogen) atoms. The van der Waals surface area contributed by atoms with Crippen LogP contribution in [0, 0.1) is 17.6 Å². The normalized spacial score (nSPS) is 23.7. The van der Waals surface area contributed by atoms with Gasteiger partial charge >= 0.3 is 0 Å². The lowest BCUT2D eigenvalue weighted by Gasteiger charge is -2.42. The van der Waals surface area contributed by atoms with E-state index < -0.39 is 29.1 Å². The van der Waals surface area contributed by atoms with E-state index in [1.807, 2.05) is 21.9 Å². The molecule has 2 aliphatic carbocycles. The Hall–Kier alpha value is -4.49. The lowest BCUT2D eigenvalue weighted by Crippen LogP contribution is -2.51. The van der Waals surface area contributed by atoms with Crippen molar-refractivity contribution >= 4 is 55.9 Å². The van der Waals surface area contributed by atoms with E-state index in [2.05, 4.69) is 49.7 Å². The number of carbonyl (C=O) groups is 3. The first kappa shape index (κ1) is 39.6. The number of fused-ring (bicyclic) bond motifs is 7. The van der Waals surface area contributed by atoms with Crippen LogP contribution in [0.1, 0.15) is 113 Å². The van der Waals surface area contributed by atoms with E-state index in [4.69, 9.17) is 4.98 Å². The topological polar surface area (TPSA) is 99.1 Å². The Morgan fingerprint density at radius 3 is 2.13 bits per heavy atom. The zero-order valence-corrected chi connectivity index (χ0v) is 35.5. The molecule has 1 spiro atoms. The number of likely N-dealkylation sites (tertiary alicyclic amines) is 1. The summed E-state index contributed by atoms with van der Waals surface area (Å²) in [5, 5.41) is 0.639. The third-order valence-electron chi connectivity index (χ3n) is 14.8.